The minimum Gasteiger partial charge on any atom is -0.462 e. The highest BCUT2D eigenvalue weighted by Gasteiger charge is 2.07. The van der Waals surface area contributed by atoms with E-state index in [2.05, 4.69) is 72.1 Å². The lowest BCUT2D eigenvalue weighted by Crippen LogP contribution is -2.19. The molecule has 0 atom stereocenters. The summed E-state index contributed by atoms with van der Waals surface area (Å²) < 4.78 is 11.0. The molecule has 1 heterocycles. The van der Waals surface area contributed by atoms with Gasteiger partial charge in [-0.15, -0.1) is 0 Å². The zero-order valence-corrected chi connectivity index (χ0v) is 20.2. The van der Waals surface area contributed by atoms with Crippen molar-refractivity contribution in [1.29, 1.82) is 0 Å². The normalized spacial score (nSPS) is 11.1. The molecular formula is C30H30N2O3. The number of ether oxygens (including phenoxy) is 1. The number of oxazole rings is 1. The molecule has 0 aliphatic heterocycles. The van der Waals surface area contributed by atoms with Crippen LogP contribution in [0, 0.1) is 0 Å². The predicted octanol–water partition coefficient (Wildman–Crippen LogP) is 7.00. The maximum atomic E-state index is 11.4. The Morgan fingerprint density at radius 1 is 0.971 bits per heavy atom. The number of hydrogen-bond acceptors (Lipinski definition) is 5. The first kappa shape index (κ1) is 24.0. The molecule has 0 aliphatic rings. The summed E-state index contributed by atoms with van der Waals surface area (Å²) in [5, 5.41) is 0. The van der Waals surface area contributed by atoms with Gasteiger partial charge in [-0.25, -0.2) is 9.78 Å². The Labute approximate surface area is 206 Å². The van der Waals surface area contributed by atoms with E-state index >= 15 is 0 Å². The third-order valence-corrected chi connectivity index (χ3v) is 5.72. The van der Waals surface area contributed by atoms with Crippen molar-refractivity contribution < 1.29 is 13.9 Å². The van der Waals surface area contributed by atoms with Crippen LogP contribution in [0.4, 0.5) is 5.69 Å². The van der Waals surface area contributed by atoms with Crippen molar-refractivity contribution in [2.24, 2.45) is 0 Å². The van der Waals surface area contributed by atoms with E-state index in [1.54, 1.807) is 6.92 Å². The van der Waals surface area contributed by atoms with Crippen molar-refractivity contribution in [3.05, 3.63) is 96.1 Å². The fourth-order valence-corrected chi connectivity index (χ4v) is 3.63. The zero-order chi connectivity index (χ0) is 24.6. The molecule has 35 heavy (non-hydrogen) atoms. The fourth-order valence-electron chi connectivity index (χ4n) is 3.63. The van der Waals surface area contributed by atoms with Gasteiger partial charge in [0.15, 0.2) is 5.58 Å². The van der Waals surface area contributed by atoms with Gasteiger partial charge in [0.1, 0.15) is 5.52 Å². The number of anilines is 1. The Morgan fingerprint density at radius 2 is 1.63 bits per heavy atom. The smallest absolute Gasteiger partial charge is 0.333 e. The molecule has 0 N–H and O–H groups in total. The minimum absolute atomic E-state index is 0.318. The summed E-state index contributed by atoms with van der Waals surface area (Å²) in [6.07, 6.45) is 5.98. The van der Waals surface area contributed by atoms with Gasteiger partial charge in [-0.1, -0.05) is 55.1 Å². The van der Waals surface area contributed by atoms with Crippen LogP contribution in [0.3, 0.4) is 0 Å². The predicted molar refractivity (Wildman–Crippen MR) is 143 cm³/mol. The molecule has 0 fully saturated rings. The molecule has 1 aromatic heterocycles. The molecule has 0 saturated carbocycles. The van der Waals surface area contributed by atoms with E-state index in [1.807, 2.05) is 36.4 Å². The van der Waals surface area contributed by atoms with Crippen molar-refractivity contribution in [3.63, 3.8) is 0 Å². The van der Waals surface area contributed by atoms with Crippen LogP contribution in [-0.2, 0) is 9.53 Å². The number of nitrogens with zero attached hydrogens (tertiary/aromatic N) is 2. The van der Waals surface area contributed by atoms with E-state index in [-0.39, 0.29) is 5.97 Å². The monoisotopic (exact) mass is 466 g/mol. The van der Waals surface area contributed by atoms with Gasteiger partial charge in [-0.2, -0.15) is 0 Å². The van der Waals surface area contributed by atoms with Gasteiger partial charge in [0.05, 0.1) is 6.61 Å². The summed E-state index contributed by atoms with van der Waals surface area (Å²) >= 11 is 0. The van der Waals surface area contributed by atoms with E-state index in [4.69, 9.17) is 9.15 Å². The molecule has 0 spiro atoms. The lowest BCUT2D eigenvalue weighted by atomic mass is 10.1. The third kappa shape index (κ3) is 6.48. The molecule has 4 rings (SSSR count). The largest absolute Gasteiger partial charge is 0.462 e. The van der Waals surface area contributed by atoms with E-state index in [0.29, 0.717) is 18.1 Å². The van der Waals surface area contributed by atoms with Gasteiger partial charge in [-0.05, 0) is 67.3 Å². The van der Waals surface area contributed by atoms with Crippen LogP contribution in [-0.4, -0.2) is 31.2 Å². The van der Waals surface area contributed by atoms with Gasteiger partial charge in [-0.3, -0.25) is 0 Å². The van der Waals surface area contributed by atoms with Crippen LogP contribution in [0.5, 0.6) is 0 Å². The number of para-hydroxylation sites is 2. The highest BCUT2D eigenvalue weighted by molar-refractivity contribution is 5.86. The summed E-state index contributed by atoms with van der Waals surface area (Å²) in [6.45, 7) is 6.57. The number of aromatic nitrogens is 1. The highest BCUT2D eigenvalue weighted by atomic mass is 16.5. The second-order valence-corrected chi connectivity index (χ2v) is 8.58. The molecule has 0 unspecified atom stereocenters. The van der Waals surface area contributed by atoms with Crippen LogP contribution in [0.25, 0.3) is 34.7 Å². The first-order chi connectivity index (χ1) is 17.0. The lowest BCUT2D eigenvalue weighted by molar-refractivity contribution is -0.139. The van der Waals surface area contributed by atoms with E-state index in [0.717, 1.165) is 52.9 Å². The molecule has 178 valence electrons. The molecule has 0 saturated heterocycles. The quantitative estimate of drug-likeness (QED) is 0.109. The Hall–Kier alpha value is -4.12. The first-order valence-corrected chi connectivity index (χ1v) is 11.8. The number of carbonyl (C=O) groups is 1. The summed E-state index contributed by atoms with van der Waals surface area (Å²) in [6, 6.07) is 24.4. The molecule has 5 heteroatoms. The number of rotatable bonds is 10. The summed E-state index contributed by atoms with van der Waals surface area (Å²) in [5.41, 5.74) is 6.46. The lowest BCUT2D eigenvalue weighted by Gasteiger charge is -2.19. The number of unbranched alkanes of at least 4 members (excludes halogenated alkanes) is 1. The number of benzene rings is 3. The average molecular weight is 467 g/mol. The van der Waals surface area contributed by atoms with Crippen LogP contribution in [0.2, 0.25) is 0 Å². The standard InChI is InChI=1S/C30H30N2O3/c1-22(2)30(33)34-21-7-6-20-32(3)26-18-14-24(15-19-26)11-10-23-12-16-25(17-13-23)29-31-27-8-4-5-9-28(27)35-29/h4-5,8-19H,1,6-7,20-21H2,2-3H3. The molecule has 0 amide bonds. The molecule has 0 aliphatic carbocycles. The molecule has 3 aromatic carbocycles. The third-order valence-electron chi connectivity index (χ3n) is 5.72. The number of carbonyl (C=O) groups excluding carboxylic acids is 1. The average Bonchev–Trinajstić information content (AvgIpc) is 3.32. The SMILES string of the molecule is C=C(C)C(=O)OCCCCN(C)c1ccc(C=Cc2ccc(-c3nc4ccccc4o3)cc2)cc1. The van der Waals surface area contributed by atoms with Crippen LogP contribution in [0.1, 0.15) is 30.9 Å². The van der Waals surface area contributed by atoms with Crippen LogP contribution in [0.15, 0.2) is 89.4 Å². The van der Waals surface area contributed by atoms with Crippen LogP contribution < -0.4 is 4.90 Å². The summed E-state index contributed by atoms with van der Waals surface area (Å²) in [7, 11) is 2.07. The van der Waals surface area contributed by atoms with Gasteiger partial charge < -0.3 is 14.1 Å². The molecule has 4 aromatic rings. The Bertz CT molecular complexity index is 1280. The van der Waals surface area contributed by atoms with Crippen LogP contribution >= 0.6 is 0 Å². The maximum absolute atomic E-state index is 11.4. The number of esters is 1. The van der Waals surface area contributed by atoms with E-state index < -0.39 is 0 Å². The van der Waals surface area contributed by atoms with Gasteiger partial charge >= 0.3 is 5.97 Å². The second-order valence-electron chi connectivity index (χ2n) is 8.58. The van der Waals surface area contributed by atoms with Gasteiger partial charge in [0, 0.05) is 30.4 Å². The van der Waals surface area contributed by atoms with Crippen molar-refractivity contribution in [1.82, 2.24) is 4.98 Å². The van der Waals surface area contributed by atoms with Gasteiger partial charge in [0.2, 0.25) is 5.89 Å². The molecule has 0 bridgehead atoms. The van der Waals surface area contributed by atoms with Crippen molar-refractivity contribution in [3.8, 4) is 11.5 Å². The highest BCUT2D eigenvalue weighted by Crippen LogP contribution is 2.25. The van der Waals surface area contributed by atoms with Gasteiger partial charge in [0.25, 0.3) is 0 Å². The number of fused-ring (bicyclic) bond motifs is 1. The summed E-state index contributed by atoms with van der Waals surface area (Å²) in [4.78, 5) is 18.2. The number of hydrogen-bond donors (Lipinski definition) is 0. The van der Waals surface area contributed by atoms with Crippen molar-refractivity contribution in [2.45, 2.75) is 19.8 Å². The van der Waals surface area contributed by atoms with E-state index in [1.165, 1.54) is 0 Å². The van der Waals surface area contributed by atoms with Crippen molar-refractivity contribution >= 4 is 34.9 Å². The topological polar surface area (TPSA) is 55.6 Å². The van der Waals surface area contributed by atoms with Crippen molar-refractivity contribution in [2.75, 3.05) is 25.1 Å². The second kappa shape index (κ2) is 11.3. The Morgan fingerprint density at radius 3 is 2.29 bits per heavy atom. The fraction of sp³-hybridized carbons (Fsp3) is 0.200. The molecular weight excluding hydrogens is 436 g/mol. The molecule has 0 radical (unpaired) electrons. The molecule has 5 nitrogen and oxygen atoms in total. The Balaban J connectivity index is 1.28. The Kier molecular flexibility index (Phi) is 7.78. The zero-order valence-electron chi connectivity index (χ0n) is 20.2. The first-order valence-electron chi connectivity index (χ1n) is 11.8. The minimum atomic E-state index is -0.318. The maximum Gasteiger partial charge on any atom is 0.333 e. The van der Waals surface area contributed by atoms with E-state index in [9.17, 15) is 4.79 Å². The summed E-state index contributed by atoms with van der Waals surface area (Å²) in [5.74, 6) is 0.315.